The molecule has 11 aromatic rings. The number of rotatable bonds is 9. The number of hydrogen-bond donors (Lipinski definition) is 1. The molecule has 15 rings (SSSR count). The molecule has 4 bridgehead atoms. The molecule has 1 N–H and O–H groups in total. The molecule has 70 heavy (non-hydrogen) atoms. The summed E-state index contributed by atoms with van der Waals surface area (Å²) in [6.45, 7) is 0. The van der Waals surface area contributed by atoms with Gasteiger partial charge in [0.25, 0.3) is 0 Å². The number of hydrogen-bond acceptors (Lipinski definition) is 2. The van der Waals surface area contributed by atoms with Crippen molar-refractivity contribution in [2.75, 3.05) is 4.90 Å². The van der Waals surface area contributed by atoms with Crippen molar-refractivity contribution in [2.24, 2.45) is 5.92 Å². The van der Waals surface area contributed by atoms with E-state index in [4.69, 9.17) is 0 Å². The van der Waals surface area contributed by atoms with E-state index in [1.807, 2.05) is 0 Å². The van der Waals surface area contributed by atoms with E-state index in [0.29, 0.717) is 17.5 Å². The maximum absolute atomic E-state index is 3.93. The Kier molecular flexibility index (Phi) is 9.74. The monoisotopic (exact) mass is 899 g/mol. The third-order valence-corrected chi connectivity index (χ3v) is 16.2. The summed E-state index contributed by atoms with van der Waals surface area (Å²) in [6, 6.07) is 89.0. The summed E-state index contributed by atoms with van der Waals surface area (Å²) in [7, 11) is 0. The van der Waals surface area contributed by atoms with Gasteiger partial charge >= 0.3 is 0 Å². The van der Waals surface area contributed by atoms with Gasteiger partial charge in [-0.1, -0.05) is 182 Å². The average Bonchev–Trinajstić information content (AvgIpc) is 3.77. The fourth-order valence-electron chi connectivity index (χ4n) is 13.1. The minimum absolute atomic E-state index is 0.353. The first-order chi connectivity index (χ1) is 34.6. The zero-order chi connectivity index (χ0) is 46.2. The van der Waals surface area contributed by atoms with Gasteiger partial charge in [-0.05, 0) is 153 Å². The summed E-state index contributed by atoms with van der Waals surface area (Å²) in [4.78, 5) is 2.39. The standard InChI is InChI=1S/C67H53N3/c1-2-9-46(10-3-1)47-17-19-48(20-18-47)50-23-32-58(33-24-50)69(59-34-25-51(26-35-59)49-21-30-55(31-22-49)67-42-45-39-56(43-67)68-57(40-45)44-67)60-36-27-52(28-37-60)54-12-8-13-61(41-54)70-65-16-7-6-15-63(65)64-38-29-53-11-4-5-14-62(53)66(64)70/h1-38,41,45,56-57,68H,39-40,42-44H2/t45?,56-,57-,67?/m0/s1. The molecule has 336 valence electrons. The molecule has 4 aliphatic rings. The topological polar surface area (TPSA) is 20.2 Å². The lowest BCUT2D eigenvalue weighted by atomic mass is 9.54. The number of para-hydroxylation sites is 1. The molecule has 3 nitrogen and oxygen atoms in total. The lowest BCUT2D eigenvalue weighted by Crippen LogP contribution is -2.61. The highest BCUT2D eigenvalue weighted by atomic mass is 15.1. The summed E-state index contributed by atoms with van der Waals surface area (Å²) in [6.07, 6.45) is 6.68. The van der Waals surface area contributed by atoms with Crippen LogP contribution in [0.25, 0.3) is 82.8 Å². The number of nitrogens with zero attached hydrogens (tertiary/aromatic N) is 2. The SMILES string of the molecule is c1ccc(-c2ccc(-c3ccc(N(c4ccc(-c5ccc(C67CC8C[C@@H](C6)N[C@@H](C8)C7)cc5)cc4)c4ccc(-c5cccc(-n6c7ccccc7c7ccc8ccccc8c76)c5)cc4)cc3)cc2)cc1. The van der Waals surface area contributed by atoms with E-state index in [9.17, 15) is 0 Å². The smallest absolute Gasteiger partial charge is 0.0619 e. The van der Waals surface area contributed by atoms with Crippen LogP contribution in [0.4, 0.5) is 17.1 Å². The van der Waals surface area contributed by atoms with Gasteiger partial charge in [0.05, 0.1) is 11.0 Å². The second kappa shape index (κ2) is 16.6. The maximum atomic E-state index is 3.93. The van der Waals surface area contributed by atoms with E-state index in [1.165, 1.54) is 109 Å². The van der Waals surface area contributed by atoms with Gasteiger partial charge in [0, 0.05) is 51.0 Å². The van der Waals surface area contributed by atoms with Crippen molar-refractivity contribution < 1.29 is 0 Å². The summed E-state index contributed by atoms with van der Waals surface area (Å²) in [5.41, 5.74) is 18.6. The van der Waals surface area contributed by atoms with Crippen molar-refractivity contribution in [1.29, 1.82) is 0 Å². The summed E-state index contributed by atoms with van der Waals surface area (Å²) < 4.78 is 2.45. The summed E-state index contributed by atoms with van der Waals surface area (Å²) in [5, 5.41) is 8.97. The van der Waals surface area contributed by atoms with Gasteiger partial charge in [0.2, 0.25) is 0 Å². The largest absolute Gasteiger partial charge is 0.311 e. The normalized spacial score (nSPS) is 19.3. The molecule has 2 aliphatic carbocycles. The quantitative estimate of drug-likeness (QED) is 0.156. The molecule has 0 amide bonds. The van der Waals surface area contributed by atoms with Crippen LogP contribution < -0.4 is 10.2 Å². The highest BCUT2D eigenvalue weighted by Gasteiger charge is 2.51. The van der Waals surface area contributed by atoms with Gasteiger partial charge in [0.1, 0.15) is 0 Å². The molecular weight excluding hydrogens is 847 g/mol. The number of piperidine rings is 2. The van der Waals surface area contributed by atoms with Crippen molar-refractivity contribution >= 4 is 49.6 Å². The van der Waals surface area contributed by atoms with Crippen LogP contribution >= 0.6 is 0 Å². The molecule has 2 saturated heterocycles. The molecule has 4 fully saturated rings. The first-order valence-electron chi connectivity index (χ1n) is 25.2. The molecule has 2 atom stereocenters. The van der Waals surface area contributed by atoms with E-state index in [1.54, 1.807) is 5.56 Å². The maximum Gasteiger partial charge on any atom is 0.0619 e. The lowest BCUT2D eigenvalue weighted by Gasteiger charge is -2.57. The van der Waals surface area contributed by atoms with Crippen LogP contribution in [0.15, 0.2) is 237 Å². The number of aromatic nitrogens is 1. The van der Waals surface area contributed by atoms with Crippen LogP contribution in [-0.4, -0.2) is 16.7 Å². The van der Waals surface area contributed by atoms with Crippen LogP contribution in [0, 0.1) is 5.92 Å². The Hall–Kier alpha value is -7.98. The Morgan fingerprint density at radius 3 is 1.47 bits per heavy atom. The number of fused-ring (bicyclic) bond motifs is 5. The van der Waals surface area contributed by atoms with Crippen molar-refractivity contribution in [3.8, 4) is 50.2 Å². The van der Waals surface area contributed by atoms with Crippen LogP contribution in [0.5, 0.6) is 0 Å². The van der Waals surface area contributed by atoms with Gasteiger partial charge in [-0.15, -0.1) is 0 Å². The fraction of sp³-hybridized carbons (Fsp3) is 0.134. The number of anilines is 3. The number of nitrogens with one attached hydrogen (secondary N) is 1. The lowest BCUT2D eigenvalue weighted by molar-refractivity contribution is 0.0332. The minimum atomic E-state index is 0.353. The third kappa shape index (κ3) is 7.07. The molecule has 3 heteroatoms. The van der Waals surface area contributed by atoms with Crippen molar-refractivity contribution in [3.63, 3.8) is 0 Å². The molecule has 0 unspecified atom stereocenters. The minimum Gasteiger partial charge on any atom is -0.311 e. The molecule has 10 aromatic carbocycles. The van der Waals surface area contributed by atoms with Crippen molar-refractivity contribution in [2.45, 2.75) is 49.6 Å². The van der Waals surface area contributed by atoms with Crippen LogP contribution in [0.3, 0.4) is 0 Å². The molecule has 0 spiro atoms. The number of benzene rings is 10. The van der Waals surface area contributed by atoms with E-state index >= 15 is 0 Å². The van der Waals surface area contributed by atoms with E-state index in [-0.39, 0.29) is 0 Å². The Balaban J connectivity index is 0.799. The average molecular weight is 900 g/mol. The first-order valence-corrected chi connectivity index (χ1v) is 25.2. The highest BCUT2D eigenvalue weighted by molar-refractivity contribution is 6.18. The summed E-state index contributed by atoms with van der Waals surface area (Å²) >= 11 is 0. The third-order valence-electron chi connectivity index (χ3n) is 16.2. The Morgan fingerprint density at radius 2 is 0.871 bits per heavy atom. The molecular formula is C67H53N3. The van der Waals surface area contributed by atoms with Gasteiger partial charge < -0.3 is 14.8 Å². The molecule has 3 heterocycles. The van der Waals surface area contributed by atoms with Crippen molar-refractivity contribution in [3.05, 3.63) is 242 Å². The first kappa shape index (κ1) is 41.0. The zero-order valence-corrected chi connectivity index (χ0v) is 39.2. The van der Waals surface area contributed by atoms with E-state index in [0.717, 1.165) is 28.7 Å². The van der Waals surface area contributed by atoms with E-state index in [2.05, 4.69) is 251 Å². The van der Waals surface area contributed by atoms with Gasteiger partial charge in [-0.3, -0.25) is 0 Å². The molecule has 2 aliphatic heterocycles. The molecule has 0 radical (unpaired) electrons. The van der Waals surface area contributed by atoms with Gasteiger partial charge in [0.15, 0.2) is 0 Å². The van der Waals surface area contributed by atoms with Gasteiger partial charge in [-0.25, -0.2) is 0 Å². The molecule has 2 saturated carbocycles. The predicted octanol–water partition coefficient (Wildman–Crippen LogP) is 17.2. The van der Waals surface area contributed by atoms with Crippen LogP contribution in [0.2, 0.25) is 0 Å². The molecule has 1 aromatic heterocycles. The summed E-state index contributed by atoms with van der Waals surface area (Å²) in [5.74, 6) is 0.887. The Bertz CT molecular complexity index is 3660. The van der Waals surface area contributed by atoms with Crippen molar-refractivity contribution in [1.82, 2.24) is 9.88 Å². The second-order valence-electron chi connectivity index (χ2n) is 20.4. The van der Waals surface area contributed by atoms with E-state index < -0.39 is 0 Å². The second-order valence-corrected chi connectivity index (χ2v) is 20.4. The van der Waals surface area contributed by atoms with Crippen LogP contribution in [0.1, 0.15) is 37.7 Å². The Labute approximate surface area is 410 Å². The van der Waals surface area contributed by atoms with Gasteiger partial charge in [-0.2, -0.15) is 0 Å². The highest BCUT2D eigenvalue weighted by Crippen LogP contribution is 2.54. The predicted molar refractivity (Wildman–Crippen MR) is 294 cm³/mol. The zero-order valence-electron chi connectivity index (χ0n) is 39.2. The Morgan fingerprint density at radius 1 is 0.386 bits per heavy atom. The van der Waals surface area contributed by atoms with Crippen LogP contribution in [-0.2, 0) is 5.41 Å². The fourth-order valence-corrected chi connectivity index (χ4v) is 13.1.